The van der Waals surface area contributed by atoms with Gasteiger partial charge in [0, 0.05) is 25.8 Å². The van der Waals surface area contributed by atoms with Crippen LogP contribution in [0, 0.1) is 0 Å². The van der Waals surface area contributed by atoms with Gasteiger partial charge in [0.25, 0.3) is 5.91 Å². The lowest BCUT2D eigenvalue weighted by atomic mass is 10.1. The van der Waals surface area contributed by atoms with Gasteiger partial charge in [-0.2, -0.15) is 5.10 Å². The van der Waals surface area contributed by atoms with Gasteiger partial charge in [-0.05, 0) is 39.3 Å². The van der Waals surface area contributed by atoms with E-state index in [-0.39, 0.29) is 11.9 Å². The zero-order chi connectivity index (χ0) is 17.1. The Bertz CT molecular complexity index is 696. The number of hydrogen-bond acceptors (Lipinski definition) is 5. The van der Waals surface area contributed by atoms with Crippen molar-refractivity contribution >= 4 is 5.91 Å². The number of carbonyl (C=O) groups excluding carboxylic acids is 1. The highest BCUT2D eigenvalue weighted by Crippen LogP contribution is 2.15. The van der Waals surface area contributed by atoms with Crippen LogP contribution in [0.3, 0.4) is 0 Å². The summed E-state index contributed by atoms with van der Waals surface area (Å²) in [7, 11) is 6.04. The molecular formula is C17H24N6O. The first-order chi connectivity index (χ1) is 11.5. The van der Waals surface area contributed by atoms with Gasteiger partial charge in [-0.3, -0.25) is 24.3 Å². The smallest absolute Gasteiger partial charge is 0.271 e. The quantitative estimate of drug-likeness (QED) is 0.878. The van der Waals surface area contributed by atoms with Gasteiger partial charge in [0.2, 0.25) is 0 Å². The molecular weight excluding hydrogens is 304 g/mol. The summed E-state index contributed by atoms with van der Waals surface area (Å²) in [5.74, 6) is -0.137. The Morgan fingerprint density at radius 2 is 2.21 bits per heavy atom. The maximum absolute atomic E-state index is 12.5. The maximum atomic E-state index is 12.5. The summed E-state index contributed by atoms with van der Waals surface area (Å²) < 4.78 is 1.93. The Morgan fingerprint density at radius 1 is 1.38 bits per heavy atom. The number of amides is 1. The van der Waals surface area contributed by atoms with Crippen LogP contribution < -0.4 is 5.32 Å². The van der Waals surface area contributed by atoms with Crippen LogP contribution in [0.2, 0.25) is 0 Å². The highest BCUT2D eigenvalue weighted by atomic mass is 16.1. The molecule has 0 aromatic carbocycles. The summed E-state index contributed by atoms with van der Waals surface area (Å²) in [5.41, 5.74) is 2.51. The molecule has 1 unspecified atom stereocenters. The number of pyridine rings is 1. The average Bonchev–Trinajstić information content (AvgIpc) is 2.98. The van der Waals surface area contributed by atoms with Gasteiger partial charge in [0.15, 0.2) is 0 Å². The second kappa shape index (κ2) is 7.11. The highest BCUT2D eigenvalue weighted by Gasteiger charge is 2.21. The summed E-state index contributed by atoms with van der Waals surface area (Å²) in [6.07, 6.45) is 1.77. The van der Waals surface area contributed by atoms with Crippen molar-refractivity contribution in [2.45, 2.75) is 19.1 Å². The number of nitrogens with zero attached hydrogens (tertiary/aromatic N) is 5. The molecule has 128 valence electrons. The van der Waals surface area contributed by atoms with E-state index in [1.54, 1.807) is 6.20 Å². The Labute approximate surface area is 142 Å². The minimum absolute atomic E-state index is 0.0264. The second-order valence-electron chi connectivity index (χ2n) is 6.43. The monoisotopic (exact) mass is 328 g/mol. The van der Waals surface area contributed by atoms with Crippen molar-refractivity contribution in [1.82, 2.24) is 29.9 Å². The lowest BCUT2D eigenvalue weighted by molar-refractivity contribution is 0.0935. The van der Waals surface area contributed by atoms with Crippen LogP contribution in [-0.2, 0) is 13.1 Å². The van der Waals surface area contributed by atoms with Gasteiger partial charge in [-0.25, -0.2) is 0 Å². The Balaban J connectivity index is 1.66. The van der Waals surface area contributed by atoms with Gasteiger partial charge in [0.05, 0.1) is 24.0 Å². The van der Waals surface area contributed by atoms with E-state index < -0.39 is 0 Å². The van der Waals surface area contributed by atoms with Crippen LogP contribution in [0.5, 0.6) is 0 Å². The molecule has 0 fully saturated rings. The fraction of sp³-hybridized carbons (Fsp3) is 0.471. The molecule has 0 radical (unpaired) electrons. The first-order valence-corrected chi connectivity index (χ1v) is 8.15. The Kier molecular flexibility index (Phi) is 4.92. The molecule has 0 aliphatic carbocycles. The van der Waals surface area contributed by atoms with E-state index in [4.69, 9.17) is 0 Å². The summed E-state index contributed by atoms with van der Waals surface area (Å²) in [6, 6.07) is 7.74. The molecule has 1 aliphatic rings. The molecule has 0 bridgehead atoms. The van der Waals surface area contributed by atoms with Gasteiger partial charge in [0.1, 0.15) is 5.69 Å². The van der Waals surface area contributed by atoms with Crippen molar-refractivity contribution < 1.29 is 4.79 Å². The molecule has 1 atom stereocenters. The van der Waals surface area contributed by atoms with Gasteiger partial charge < -0.3 is 5.32 Å². The SMILES string of the molecule is CN1CCn2nc(C(=O)NCC(c3ccccn3)N(C)C)cc2C1. The molecule has 7 heteroatoms. The maximum Gasteiger partial charge on any atom is 0.271 e. The minimum Gasteiger partial charge on any atom is -0.349 e. The molecule has 3 rings (SSSR count). The van der Waals surface area contributed by atoms with E-state index in [9.17, 15) is 4.79 Å². The number of fused-ring (bicyclic) bond motifs is 1. The summed E-state index contributed by atoms with van der Waals surface area (Å²) in [5, 5.41) is 7.42. The predicted molar refractivity (Wildman–Crippen MR) is 91.6 cm³/mol. The lowest BCUT2D eigenvalue weighted by Gasteiger charge is -2.23. The van der Waals surface area contributed by atoms with E-state index in [1.165, 1.54) is 0 Å². The van der Waals surface area contributed by atoms with Crippen LogP contribution >= 0.6 is 0 Å². The van der Waals surface area contributed by atoms with Crippen LogP contribution in [0.15, 0.2) is 30.5 Å². The van der Waals surface area contributed by atoms with Crippen molar-refractivity contribution in [3.63, 3.8) is 0 Å². The van der Waals surface area contributed by atoms with Crippen molar-refractivity contribution in [3.05, 3.63) is 47.5 Å². The molecule has 3 heterocycles. The van der Waals surface area contributed by atoms with E-state index in [0.717, 1.165) is 31.0 Å². The molecule has 1 amide bonds. The molecule has 7 nitrogen and oxygen atoms in total. The van der Waals surface area contributed by atoms with Crippen molar-refractivity contribution in [2.75, 3.05) is 34.2 Å². The minimum atomic E-state index is -0.137. The van der Waals surface area contributed by atoms with E-state index >= 15 is 0 Å². The third-order valence-corrected chi connectivity index (χ3v) is 4.33. The Hall–Kier alpha value is -2.25. The fourth-order valence-corrected chi connectivity index (χ4v) is 2.91. The first kappa shape index (κ1) is 16.6. The van der Waals surface area contributed by atoms with Crippen molar-refractivity contribution in [3.8, 4) is 0 Å². The van der Waals surface area contributed by atoms with E-state index in [2.05, 4.69) is 32.2 Å². The lowest BCUT2D eigenvalue weighted by Crippen LogP contribution is -2.35. The number of likely N-dealkylation sites (N-methyl/N-ethyl adjacent to an activating group) is 2. The molecule has 1 aliphatic heterocycles. The van der Waals surface area contributed by atoms with E-state index in [0.29, 0.717) is 12.2 Å². The highest BCUT2D eigenvalue weighted by molar-refractivity contribution is 5.92. The number of nitrogens with one attached hydrogen (secondary N) is 1. The molecule has 2 aromatic heterocycles. The second-order valence-corrected chi connectivity index (χ2v) is 6.43. The molecule has 0 saturated carbocycles. The predicted octanol–water partition coefficient (Wildman–Crippen LogP) is 0.756. The zero-order valence-corrected chi connectivity index (χ0v) is 14.4. The zero-order valence-electron chi connectivity index (χ0n) is 14.4. The van der Waals surface area contributed by atoms with Gasteiger partial charge >= 0.3 is 0 Å². The molecule has 2 aromatic rings. The molecule has 1 N–H and O–H groups in total. The fourth-order valence-electron chi connectivity index (χ4n) is 2.91. The number of carbonyl (C=O) groups is 1. The number of rotatable bonds is 5. The largest absolute Gasteiger partial charge is 0.349 e. The average molecular weight is 328 g/mol. The topological polar surface area (TPSA) is 66.3 Å². The first-order valence-electron chi connectivity index (χ1n) is 8.15. The third-order valence-electron chi connectivity index (χ3n) is 4.33. The third kappa shape index (κ3) is 3.63. The molecule has 24 heavy (non-hydrogen) atoms. The molecule has 0 saturated heterocycles. The van der Waals surface area contributed by atoms with Crippen LogP contribution in [0.25, 0.3) is 0 Å². The summed E-state index contributed by atoms with van der Waals surface area (Å²) in [4.78, 5) is 21.1. The standard InChI is InChI=1S/C17H24N6O/c1-21(2)16(14-6-4-5-7-18-14)11-19-17(24)15-10-13-12-22(3)8-9-23(13)20-15/h4-7,10,16H,8-9,11-12H2,1-3H3,(H,19,24). The van der Waals surface area contributed by atoms with Crippen LogP contribution in [-0.4, -0.2) is 64.7 Å². The number of aromatic nitrogens is 3. The van der Waals surface area contributed by atoms with Crippen molar-refractivity contribution in [1.29, 1.82) is 0 Å². The number of hydrogen-bond donors (Lipinski definition) is 1. The van der Waals surface area contributed by atoms with Crippen molar-refractivity contribution in [2.24, 2.45) is 0 Å². The van der Waals surface area contributed by atoms with Crippen LogP contribution in [0.4, 0.5) is 0 Å². The summed E-state index contributed by atoms with van der Waals surface area (Å²) >= 11 is 0. The van der Waals surface area contributed by atoms with Gasteiger partial charge in [-0.1, -0.05) is 6.07 Å². The normalized spacial score (nSPS) is 16.0. The molecule has 0 spiro atoms. The Morgan fingerprint density at radius 3 is 2.92 bits per heavy atom. The van der Waals surface area contributed by atoms with Gasteiger partial charge in [-0.15, -0.1) is 0 Å². The summed E-state index contributed by atoms with van der Waals surface area (Å²) in [6.45, 7) is 3.10. The van der Waals surface area contributed by atoms with E-state index in [1.807, 2.05) is 43.0 Å². The van der Waals surface area contributed by atoms with Crippen LogP contribution in [0.1, 0.15) is 27.9 Å².